The smallest absolute Gasteiger partial charge is 0.119 e. The monoisotopic (exact) mass is 311 g/mol. The summed E-state index contributed by atoms with van der Waals surface area (Å²) in [7, 11) is 0. The van der Waals surface area contributed by atoms with Crippen molar-refractivity contribution >= 4 is 15.9 Å². The maximum atomic E-state index is 5.80. The molecule has 2 heterocycles. The van der Waals surface area contributed by atoms with Gasteiger partial charge in [-0.05, 0) is 43.5 Å². The van der Waals surface area contributed by atoms with E-state index in [1.807, 2.05) is 24.3 Å². The van der Waals surface area contributed by atoms with E-state index in [4.69, 9.17) is 9.47 Å². The fourth-order valence-electron chi connectivity index (χ4n) is 2.80. The van der Waals surface area contributed by atoms with Gasteiger partial charge in [0.15, 0.2) is 0 Å². The van der Waals surface area contributed by atoms with Gasteiger partial charge < -0.3 is 14.8 Å². The third-order valence-corrected chi connectivity index (χ3v) is 4.23. The molecular weight excluding hydrogens is 294 g/mol. The average molecular weight is 312 g/mol. The van der Waals surface area contributed by atoms with Crippen molar-refractivity contribution in [3.05, 3.63) is 28.7 Å². The molecule has 1 aromatic carbocycles. The molecule has 2 saturated heterocycles. The summed E-state index contributed by atoms with van der Waals surface area (Å²) in [6.07, 6.45) is 4.60. The maximum absolute atomic E-state index is 5.80. The van der Waals surface area contributed by atoms with E-state index in [1.165, 1.54) is 19.3 Å². The first-order valence-corrected chi connectivity index (χ1v) is 7.38. The summed E-state index contributed by atoms with van der Waals surface area (Å²) in [5, 5.41) is 3.54. The minimum absolute atomic E-state index is 0.447. The number of hydrogen-bond donors (Lipinski definition) is 1. The van der Waals surface area contributed by atoms with E-state index >= 15 is 0 Å². The normalized spacial score (nSPS) is 29.7. The fourth-order valence-corrected chi connectivity index (χ4v) is 3.06. The molecule has 0 radical (unpaired) electrons. The van der Waals surface area contributed by atoms with E-state index in [2.05, 4.69) is 21.2 Å². The second-order valence-corrected chi connectivity index (χ2v) is 5.89. The van der Waals surface area contributed by atoms with E-state index in [-0.39, 0.29) is 0 Å². The summed E-state index contributed by atoms with van der Waals surface area (Å²) in [6.45, 7) is 1.59. The summed E-state index contributed by atoms with van der Waals surface area (Å²) < 4.78 is 12.6. The van der Waals surface area contributed by atoms with Crippen LogP contribution >= 0.6 is 15.9 Å². The molecule has 2 aliphatic heterocycles. The molecule has 0 aliphatic carbocycles. The molecule has 3 atom stereocenters. The number of hydrogen-bond acceptors (Lipinski definition) is 3. The first-order valence-electron chi connectivity index (χ1n) is 6.58. The molecule has 98 valence electrons. The van der Waals surface area contributed by atoms with Crippen molar-refractivity contribution in [2.24, 2.45) is 0 Å². The van der Waals surface area contributed by atoms with Gasteiger partial charge in [0.1, 0.15) is 12.4 Å². The topological polar surface area (TPSA) is 30.5 Å². The molecule has 4 heteroatoms. The highest BCUT2D eigenvalue weighted by molar-refractivity contribution is 9.10. The predicted molar refractivity (Wildman–Crippen MR) is 73.9 cm³/mol. The van der Waals surface area contributed by atoms with Crippen LogP contribution in [0.25, 0.3) is 0 Å². The van der Waals surface area contributed by atoms with Crippen molar-refractivity contribution in [1.29, 1.82) is 0 Å². The van der Waals surface area contributed by atoms with Gasteiger partial charge in [-0.15, -0.1) is 0 Å². The van der Waals surface area contributed by atoms with Crippen molar-refractivity contribution in [2.45, 2.75) is 37.5 Å². The van der Waals surface area contributed by atoms with E-state index in [9.17, 15) is 0 Å². The van der Waals surface area contributed by atoms with E-state index in [0.29, 0.717) is 24.9 Å². The van der Waals surface area contributed by atoms with Crippen LogP contribution in [0.15, 0.2) is 28.7 Å². The van der Waals surface area contributed by atoms with Crippen molar-refractivity contribution < 1.29 is 9.47 Å². The van der Waals surface area contributed by atoms with Crippen LogP contribution in [-0.4, -0.2) is 31.4 Å². The Balaban J connectivity index is 1.36. The van der Waals surface area contributed by atoms with Crippen molar-refractivity contribution in [3.63, 3.8) is 0 Å². The van der Waals surface area contributed by atoms with Crippen molar-refractivity contribution in [2.75, 3.05) is 13.2 Å². The zero-order valence-electron chi connectivity index (χ0n) is 10.3. The molecule has 1 aromatic rings. The number of halogens is 1. The van der Waals surface area contributed by atoms with Gasteiger partial charge in [-0.1, -0.05) is 15.9 Å². The molecule has 2 fully saturated rings. The number of ether oxygens (including phenoxy) is 2. The molecule has 2 bridgehead atoms. The number of rotatable bonds is 5. The van der Waals surface area contributed by atoms with Crippen LogP contribution in [0.3, 0.4) is 0 Å². The zero-order chi connectivity index (χ0) is 12.4. The summed E-state index contributed by atoms with van der Waals surface area (Å²) in [5.41, 5.74) is 0. The Kier molecular flexibility index (Phi) is 3.87. The Morgan fingerprint density at radius 1 is 1.28 bits per heavy atom. The number of nitrogens with one attached hydrogen (secondary N) is 1. The van der Waals surface area contributed by atoms with Gasteiger partial charge in [0.2, 0.25) is 0 Å². The lowest BCUT2D eigenvalue weighted by molar-refractivity contribution is 0.0970. The average Bonchev–Trinajstić information content (AvgIpc) is 2.99. The first-order chi connectivity index (χ1) is 8.81. The molecule has 1 N–H and O–H groups in total. The molecule has 18 heavy (non-hydrogen) atoms. The third kappa shape index (κ3) is 2.87. The van der Waals surface area contributed by atoms with E-state index < -0.39 is 0 Å². The van der Waals surface area contributed by atoms with Gasteiger partial charge in [0, 0.05) is 17.1 Å². The quantitative estimate of drug-likeness (QED) is 0.848. The second-order valence-electron chi connectivity index (χ2n) is 4.97. The fraction of sp³-hybridized carbons (Fsp3) is 0.571. The highest BCUT2D eigenvalue weighted by Crippen LogP contribution is 2.34. The van der Waals surface area contributed by atoms with Crippen LogP contribution in [0.2, 0.25) is 0 Å². The molecule has 2 aliphatic rings. The summed E-state index contributed by atoms with van der Waals surface area (Å²) in [5.74, 6) is 0.921. The lowest BCUT2D eigenvalue weighted by atomic mass is 9.95. The van der Waals surface area contributed by atoms with Gasteiger partial charge in [-0.3, -0.25) is 0 Å². The van der Waals surface area contributed by atoms with E-state index in [1.54, 1.807) is 0 Å². The Bertz CT molecular complexity index is 395. The minimum atomic E-state index is 0.447. The molecule has 3 rings (SSSR count). The van der Waals surface area contributed by atoms with Crippen LogP contribution < -0.4 is 10.1 Å². The van der Waals surface area contributed by atoms with Crippen molar-refractivity contribution in [3.8, 4) is 5.75 Å². The Hall–Kier alpha value is -0.580. The van der Waals surface area contributed by atoms with Gasteiger partial charge in [0.05, 0.1) is 12.2 Å². The SMILES string of the molecule is Brc1ccc(OCCNC2CC3CCC2O3)cc1. The van der Waals surface area contributed by atoms with Crippen LogP contribution in [0.1, 0.15) is 19.3 Å². The molecule has 3 unspecified atom stereocenters. The standard InChI is InChI=1S/C14H18BrNO2/c15-10-1-3-11(4-2-10)17-8-7-16-13-9-12-5-6-14(13)18-12/h1-4,12-14,16H,5-9H2. The second kappa shape index (κ2) is 5.59. The van der Waals surface area contributed by atoms with E-state index in [0.717, 1.165) is 16.8 Å². The predicted octanol–water partition coefficient (Wildman–Crippen LogP) is 2.74. The molecule has 0 aromatic heterocycles. The highest BCUT2D eigenvalue weighted by Gasteiger charge is 2.40. The van der Waals surface area contributed by atoms with Gasteiger partial charge in [0.25, 0.3) is 0 Å². The number of benzene rings is 1. The van der Waals surface area contributed by atoms with Crippen LogP contribution in [0, 0.1) is 0 Å². The molecule has 3 nitrogen and oxygen atoms in total. The van der Waals surface area contributed by atoms with Crippen molar-refractivity contribution in [1.82, 2.24) is 5.32 Å². The molecule has 0 saturated carbocycles. The summed E-state index contributed by atoms with van der Waals surface area (Å²) in [4.78, 5) is 0. The third-order valence-electron chi connectivity index (χ3n) is 3.70. The summed E-state index contributed by atoms with van der Waals surface area (Å²) in [6, 6.07) is 8.48. The zero-order valence-corrected chi connectivity index (χ0v) is 11.9. The molecule has 0 spiro atoms. The maximum Gasteiger partial charge on any atom is 0.119 e. The van der Waals surface area contributed by atoms with Gasteiger partial charge in [-0.2, -0.15) is 0 Å². The van der Waals surface area contributed by atoms with Crippen LogP contribution in [0.4, 0.5) is 0 Å². The van der Waals surface area contributed by atoms with Crippen LogP contribution in [0.5, 0.6) is 5.75 Å². The Morgan fingerprint density at radius 2 is 2.11 bits per heavy atom. The highest BCUT2D eigenvalue weighted by atomic mass is 79.9. The lowest BCUT2D eigenvalue weighted by Gasteiger charge is -2.20. The van der Waals surface area contributed by atoms with Gasteiger partial charge >= 0.3 is 0 Å². The Labute approximate surface area is 116 Å². The van der Waals surface area contributed by atoms with Crippen LogP contribution in [-0.2, 0) is 4.74 Å². The Morgan fingerprint density at radius 3 is 2.78 bits per heavy atom. The lowest BCUT2D eigenvalue weighted by Crippen LogP contribution is -2.39. The van der Waals surface area contributed by atoms with Gasteiger partial charge in [-0.25, -0.2) is 0 Å². The largest absolute Gasteiger partial charge is 0.492 e. The number of fused-ring (bicyclic) bond motifs is 2. The minimum Gasteiger partial charge on any atom is -0.492 e. The molecular formula is C14H18BrNO2. The first kappa shape index (κ1) is 12.5. The molecule has 0 amide bonds. The summed E-state index contributed by atoms with van der Waals surface area (Å²) >= 11 is 3.41.